The lowest BCUT2D eigenvalue weighted by Gasteiger charge is -2.38. The largest absolute Gasteiger partial charge is 0.478 e. The smallest absolute Gasteiger partial charge is 0.373 e. The van der Waals surface area contributed by atoms with E-state index in [-0.39, 0.29) is 12.4 Å². The van der Waals surface area contributed by atoms with E-state index in [2.05, 4.69) is 10.1 Å². The molecule has 0 saturated carbocycles. The van der Waals surface area contributed by atoms with Crippen LogP contribution in [-0.4, -0.2) is 72.1 Å². The van der Waals surface area contributed by atoms with Crippen LogP contribution in [0.2, 0.25) is 0 Å². The zero-order valence-corrected chi connectivity index (χ0v) is 14.0. The topological polar surface area (TPSA) is 124 Å². The first-order valence-electron chi connectivity index (χ1n) is 7.56. The van der Waals surface area contributed by atoms with Gasteiger partial charge in [-0.15, -0.1) is 0 Å². The van der Waals surface area contributed by atoms with Crippen molar-refractivity contribution in [3.05, 3.63) is 11.8 Å². The SMILES string of the molecule is COC(=O)C1=C[C@H](O)[C@@H](NC(C)=O)[C@H]([C@H](O)[C@H]2COC(C)(C)O2)O1. The molecule has 1 saturated heterocycles. The minimum Gasteiger partial charge on any atom is -0.478 e. The number of hydrogen-bond acceptors (Lipinski definition) is 8. The summed E-state index contributed by atoms with van der Waals surface area (Å²) in [5.74, 6) is -2.33. The van der Waals surface area contributed by atoms with Gasteiger partial charge < -0.3 is 34.5 Å². The number of carbonyl (C=O) groups excluding carboxylic acids is 2. The van der Waals surface area contributed by atoms with Crippen LogP contribution in [0.25, 0.3) is 0 Å². The zero-order chi connectivity index (χ0) is 18.1. The standard InChI is InChI=1S/C15H23NO8/c1-7(17)16-11-8(18)5-9(14(20)21-4)23-13(11)12(19)10-6-22-15(2,3)24-10/h5,8,10-13,18-19H,6H2,1-4H3,(H,16,17)/t8-,10+,11+,12+,13+/m0/s1. The van der Waals surface area contributed by atoms with Crippen molar-refractivity contribution >= 4 is 11.9 Å². The fourth-order valence-electron chi connectivity index (χ4n) is 2.71. The highest BCUT2D eigenvalue weighted by Gasteiger charge is 2.47. The number of esters is 1. The van der Waals surface area contributed by atoms with Crippen LogP contribution in [0.5, 0.6) is 0 Å². The Hall–Kier alpha value is -1.68. The number of carbonyl (C=O) groups is 2. The minimum absolute atomic E-state index is 0.105. The molecule has 9 heteroatoms. The Bertz CT molecular complexity index is 532. The number of aliphatic hydroxyl groups excluding tert-OH is 2. The van der Waals surface area contributed by atoms with E-state index in [1.807, 2.05) is 0 Å². The van der Waals surface area contributed by atoms with Crippen molar-refractivity contribution in [2.75, 3.05) is 13.7 Å². The van der Waals surface area contributed by atoms with Gasteiger partial charge in [0.15, 0.2) is 11.9 Å². The third kappa shape index (κ3) is 4.04. The second kappa shape index (κ2) is 7.06. The third-order valence-corrected chi connectivity index (χ3v) is 3.81. The second-order valence-electron chi connectivity index (χ2n) is 6.18. The van der Waals surface area contributed by atoms with Crippen molar-refractivity contribution < 1.29 is 38.7 Å². The minimum atomic E-state index is -1.26. The molecule has 0 spiro atoms. The van der Waals surface area contributed by atoms with E-state index >= 15 is 0 Å². The molecular weight excluding hydrogens is 322 g/mol. The lowest BCUT2D eigenvalue weighted by molar-refractivity contribution is -0.172. The zero-order valence-electron chi connectivity index (χ0n) is 14.0. The Morgan fingerprint density at radius 2 is 2.12 bits per heavy atom. The van der Waals surface area contributed by atoms with E-state index in [0.717, 1.165) is 6.08 Å². The Labute approximate surface area is 139 Å². The normalized spacial score (nSPS) is 33.2. The summed E-state index contributed by atoms with van der Waals surface area (Å²) in [7, 11) is 1.17. The van der Waals surface area contributed by atoms with E-state index in [0.29, 0.717) is 0 Å². The Kier molecular flexibility index (Phi) is 5.49. The van der Waals surface area contributed by atoms with Crippen molar-refractivity contribution in [3.63, 3.8) is 0 Å². The van der Waals surface area contributed by atoms with Crippen LogP contribution in [0.3, 0.4) is 0 Å². The first-order chi connectivity index (χ1) is 11.1. The van der Waals surface area contributed by atoms with Gasteiger partial charge in [-0.05, 0) is 19.9 Å². The molecule has 5 atom stereocenters. The number of amides is 1. The highest BCUT2D eigenvalue weighted by molar-refractivity contribution is 5.86. The number of ether oxygens (including phenoxy) is 4. The van der Waals surface area contributed by atoms with Gasteiger partial charge in [0.25, 0.3) is 0 Å². The van der Waals surface area contributed by atoms with Crippen molar-refractivity contribution in [3.8, 4) is 0 Å². The van der Waals surface area contributed by atoms with E-state index in [9.17, 15) is 19.8 Å². The van der Waals surface area contributed by atoms with Gasteiger partial charge in [0, 0.05) is 6.92 Å². The molecule has 1 fully saturated rings. The average molecular weight is 345 g/mol. The van der Waals surface area contributed by atoms with E-state index in [1.165, 1.54) is 14.0 Å². The van der Waals surface area contributed by atoms with Gasteiger partial charge in [0.2, 0.25) is 11.7 Å². The van der Waals surface area contributed by atoms with Crippen LogP contribution in [0.1, 0.15) is 20.8 Å². The van der Waals surface area contributed by atoms with Crippen LogP contribution in [0.15, 0.2) is 11.8 Å². The molecular formula is C15H23NO8. The van der Waals surface area contributed by atoms with Crippen molar-refractivity contribution in [1.82, 2.24) is 5.32 Å². The van der Waals surface area contributed by atoms with Gasteiger partial charge in [0.05, 0.1) is 19.8 Å². The molecule has 2 rings (SSSR count). The summed E-state index contributed by atoms with van der Waals surface area (Å²) in [5, 5.41) is 23.4. The summed E-state index contributed by atoms with van der Waals surface area (Å²) in [4.78, 5) is 23.1. The highest BCUT2D eigenvalue weighted by Crippen LogP contribution is 2.29. The molecule has 0 aliphatic carbocycles. The van der Waals surface area contributed by atoms with Gasteiger partial charge in [0.1, 0.15) is 18.3 Å². The maximum absolute atomic E-state index is 11.7. The molecule has 0 unspecified atom stereocenters. The predicted molar refractivity (Wildman–Crippen MR) is 79.5 cm³/mol. The molecule has 2 aliphatic rings. The first-order valence-corrected chi connectivity index (χ1v) is 7.56. The summed E-state index contributed by atoms with van der Waals surface area (Å²) in [6.45, 7) is 4.77. The number of hydrogen-bond donors (Lipinski definition) is 3. The fourth-order valence-corrected chi connectivity index (χ4v) is 2.71. The summed E-state index contributed by atoms with van der Waals surface area (Å²) < 4.78 is 21.1. The summed E-state index contributed by atoms with van der Waals surface area (Å²) >= 11 is 0. The lowest BCUT2D eigenvalue weighted by Crippen LogP contribution is -2.59. The van der Waals surface area contributed by atoms with Crippen LogP contribution in [0.4, 0.5) is 0 Å². The first kappa shape index (κ1) is 18.7. The maximum Gasteiger partial charge on any atom is 0.373 e. The van der Waals surface area contributed by atoms with Crippen molar-refractivity contribution in [2.45, 2.75) is 57.0 Å². The van der Waals surface area contributed by atoms with Crippen molar-refractivity contribution in [1.29, 1.82) is 0 Å². The number of aliphatic hydroxyl groups is 2. The lowest BCUT2D eigenvalue weighted by atomic mass is 9.94. The molecule has 9 nitrogen and oxygen atoms in total. The van der Waals surface area contributed by atoms with Gasteiger partial charge in [-0.3, -0.25) is 4.79 Å². The van der Waals surface area contributed by atoms with Gasteiger partial charge in [-0.25, -0.2) is 4.79 Å². The predicted octanol–water partition coefficient (Wildman–Crippen LogP) is -1.18. The van der Waals surface area contributed by atoms with Crippen LogP contribution < -0.4 is 5.32 Å². The molecule has 3 N–H and O–H groups in total. The molecule has 2 heterocycles. The molecule has 0 aromatic heterocycles. The fraction of sp³-hybridized carbons (Fsp3) is 0.733. The number of rotatable bonds is 4. The number of methoxy groups -OCH3 is 1. The summed E-state index contributed by atoms with van der Waals surface area (Å²) in [5.41, 5.74) is 0. The third-order valence-electron chi connectivity index (χ3n) is 3.81. The van der Waals surface area contributed by atoms with Crippen LogP contribution in [0, 0.1) is 0 Å². The second-order valence-corrected chi connectivity index (χ2v) is 6.18. The Morgan fingerprint density at radius 3 is 2.62 bits per heavy atom. The molecule has 1 amide bonds. The highest BCUT2D eigenvalue weighted by atomic mass is 16.7. The molecule has 0 aromatic carbocycles. The quantitative estimate of drug-likeness (QED) is 0.544. The Morgan fingerprint density at radius 1 is 1.46 bits per heavy atom. The Balaban J connectivity index is 2.23. The van der Waals surface area contributed by atoms with Gasteiger partial charge in [-0.1, -0.05) is 0 Å². The van der Waals surface area contributed by atoms with E-state index in [1.54, 1.807) is 13.8 Å². The molecule has 0 radical (unpaired) electrons. The van der Waals surface area contributed by atoms with Crippen LogP contribution in [-0.2, 0) is 28.5 Å². The molecule has 2 aliphatic heterocycles. The van der Waals surface area contributed by atoms with Crippen LogP contribution >= 0.6 is 0 Å². The average Bonchev–Trinajstić information content (AvgIpc) is 2.87. The van der Waals surface area contributed by atoms with Crippen molar-refractivity contribution in [2.24, 2.45) is 0 Å². The molecule has 24 heavy (non-hydrogen) atoms. The number of nitrogens with one attached hydrogen (secondary N) is 1. The monoisotopic (exact) mass is 345 g/mol. The summed E-state index contributed by atoms with van der Waals surface area (Å²) in [6.07, 6.45) is -3.24. The van der Waals surface area contributed by atoms with E-state index < -0.39 is 48.1 Å². The molecule has 136 valence electrons. The molecule has 0 bridgehead atoms. The molecule has 0 aromatic rings. The maximum atomic E-state index is 11.7. The van der Waals surface area contributed by atoms with Gasteiger partial charge >= 0.3 is 5.97 Å². The summed E-state index contributed by atoms with van der Waals surface area (Å²) in [6, 6.07) is -0.960. The van der Waals surface area contributed by atoms with Gasteiger partial charge in [-0.2, -0.15) is 0 Å². The van der Waals surface area contributed by atoms with E-state index in [4.69, 9.17) is 14.2 Å².